The van der Waals surface area contributed by atoms with Gasteiger partial charge in [0, 0.05) is 12.5 Å². The van der Waals surface area contributed by atoms with Crippen molar-refractivity contribution in [2.75, 3.05) is 0 Å². The number of aromatic hydroxyl groups is 2. The molecule has 1 heterocycles. The van der Waals surface area contributed by atoms with Gasteiger partial charge in [0.15, 0.2) is 5.01 Å². The summed E-state index contributed by atoms with van der Waals surface area (Å²) < 4.78 is 0. The zero-order chi connectivity index (χ0) is 13.9. The van der Waals surface area contributed by atoms with E-state index in [1.54, 1.807) is 6.07 Å². The zero-order valence-electron chi connectivity index (χ0n) is 10.5. The van der Waals surface area contributed by atoms with Gasteiger partial charge in [-0.1, -0.05) is 41.7 Å². The first-order valence-corrected chi connectivity index (χ1v) is 6.92. The lowest BCUT2D eigenvalue weighted by atomic mass is 10.2. The van der Waals surface area contributed by atoms with Crippen molar-refractivity contribution in [2.24, 2.45) is 0 Å². The number of phenolic OH excluding ortho intramolecular Hbond substituents is 2. The highest BCUT2D eigenvalue weighted by Crippen LogP contribution is 2.34. The quantitative estimate of drug-likeness (QED) is 0.775. The molecule has 0 amide bonds. The van der Waals surface area contributed by atoms with Crippen LogP contribution in [0.4, 0.5) is 0 Å². The fourth-order valence-electron chi connectivity index (χ4n) is 1.91. The summed E-state index contributed by atoms with van der Waals surface area (Å²) in [6, 6.07) is 14.5. The second kappa shape index (κ2) is 5.30. The molecule has 0 aliphatic carbocycles. The van der Waals surface area contributed by atoms with E-state index < -0.39 is 0 Å². The molecule has 0 aliphatic heterocycles. The summed E-state index contributed by atoms with van der Waals surface area (Å²) in [5.41, 5.74) is 1.75. The fourth-order valence-corrected chi connectivity index (χ4v) is 2.81. The van der Waals surface area contributed by atoms with Crippen LogP contribution in [0, 0.1) is 0 Å². The van der Waals surface area contributed by atoms with Gasteiger partial charge in [-0.05, 0) is 17.7 Å². The zero-order valence-corrected chi connectivity index (χ0v) is 11.3. The van der Waals surface area contributed by atoms with Gasteiger partial charge < -0.3 is 10.2 Å². The lowest BCUT2D eigenvalue weighted by Gasteiger charge is -2.00. The molecule has 2 N–H and O–H groups in total. The first-order valence-electron chi connectivity index (χ1n) is 6.11. The van der Waals surface area contributed by atoms with E-state index in [0.717, 1.165) is 11.4 Å². The Labute approximate surface area is 120 Å². The normalized spacial score (nSPS) is 10.6. The van der Waals surface area contributed by atoms with Crippen LogP contribution >= 0.6 is 11.3 Å². The van der Waals surface area contributed by atoms with Crippen LogP contribution in [0.3, 0.4) is 0 Å². The topological polar surface area (TPSA) is 66.2 Å². The van der Waals surface area contributed by atoms with Gasteiger partial charge in [-0.2, -0.15) is 0 Å². The van der Waals surface area contributed by atoms with E-state index in [9.17, 15) is 10.2 Å². The predicted molar refractivity (Wildman–Crippen MR) is 77.9 cm³/mol. The van der Waals surface area contributed by atoms with Crippen LogP contribution in [0.5, 0.6) is 11.5 Å². The monoisotopic (exact) mass is 284 g/mol. The number of aromatic nitrogens is 2. The minimum Gasteiger partial charge on any atom is -0.508 e. The van der Waals surface area contributed by atoms with E-state index >= 15 is 0 Å². The maximum Gasteiger partial charge on any atom is 0.151 e. The third-order valence-corrected chi connectivity index (χ3v) is 3.83. The molecule has 5 heteroatoms. The molecule has 2 aromatic carbocycles. The molecule has 0 radical (unpaired) electrons. The maximum absolute atomic E-state index is 9.82. The Bertz CT molecular complexity index is 726. The van der Waals surface area contributed by atoms with Crippen molar-refractivity contribution in [3.63, 3.8) is 0 Å². The Hall–Kier alpha value is -2.40. The number of nitrogens with zero attached hydrogens (tertiary/aromatic N) is 2. The van der Waals surface area contributed by atoms with Crippen molar-refractivity contribution in [1.82, 2.24) is 10.2 Å². The molecule has 3 aromatic rings. The fraction of sp³-hybridized carbons (Fsp3) is 0.0667. The average molecular weight is 284 g/mol. The van der Waals surface area contributed by atoms with Crippen molar-refractivity contribution in [3.05, 3.63) is 59.1 Å². The second-order valence-electron chi connectivity index (χ2n) is 4.36. The summed E-state index contributed by atoms with van der Waals surface area (Å²) in [6.07, 6.45) is 0.720. The molecule has 0 saturated carbocycles. The number of hydrogen-bond donors (Lipinski definition) is 2. The van der Waals surface area contributed by atoms with E-state index in [4.69, 9.17) is 0 Å². The molecular formula is C15H12N2O2S. The number of rotatable bonds is 3. The van der Waals surface area contributed by atoms with E-state index in [0.29, 0.717) is 10.6 Å². The lowest BCUT2D eigenvalue weighted by Crippen LogP contribution is -1.85. The van der Waals surface area contributed by atoms with E-state index in [2.05, 4.69) is 10.2 Å². The SMILES string of the molecule is Oc1ccc(-c2nnc(Cc3ccccc3)s2)c(O)c1. The highest BCUT2D eigenvalue weighted by atomic mass is 32.1. The van der Waals surface area contributed by atoms with Gasteiger partial charge in [0.25, 0.3) is 0 Å². The third kappa shape index (κ3) is 2.62. The van der Waals surface area contributed by atoms with E-state index in [1.807, 2.05) is 30.3 Å². The largest absolute Gasteiger partial charge is 0.508 e. The number of phenols is 2. The standard InChI is InChI=1S/C15H12N2O2S/c18-11-6-7-12(13(19)9-11)15-17-16-14(20-15)8-10-4-2-1-3-5-10/h1-7,9,18-19H,8H2. The Kier molecular flexibility index (Phi) is 3.35. The van der Waals surface area contributed by atoms with Gasteiger partial charge in [-0.15, -0.1) is 10.2 Å². The maximum atomic E-state index is 9.82. The minimum absolute atomic E-state index is 0.00686. The summed E-state index contributed by atoms with van der Waals surface area (Å²) in [4.78, 5) is 0. The molecule has 0 saturated heterocycles. The molecule has 1 aromatic heterocycles. The Morgan fingerprint density at radius 3 is 2.50 bits per heavy atom. The van der Waals surface area contributed by atoms with E-state index in [1.165, 1.54) is 29.0 Å². The van der Waals surface area contributed by atoms with Crippen molar-refractivity contribution in [2.45, 2.75) is 6.42 Å². The van der Waals surface area contributed by atoms with Gasteiger partial charge in [-0.25, -0.2) is 0 Å². The second-order valence-corrected chi connectivity index (χ2v) is 5.43. The Balaban J connectivity index is 1.87. The number of hydrogen-bond acceptors (Lipinski definition) is 5. The van der Waals surface area contributed by atoms with Crippen LogP contribution in [0.15, 0.2) is 48.5 Å². The van der Waals surface area contributed by atoms with Crippen molar-refractivity contribution < 1.29 is 10.2 Å². The molecule has 0 atom stereocenters. The van der Waals surface area contributed by atoms with Crippen molar-refractivity contribution >= 4 is 11.3 Å². The van der Waals surface area contributed by atoms with Gasteiger partial charge in [0.1, 0.15) is 16.5 Å². The molecule has 20 heavy (non-hydrogen) atoms. The highest BCUT2D eigenvalue weighted by Gasteiger charge is 2.11. The van der Waals surface area contributed by atoms with Crippen LogP contribution < -0.4 is 0 Å². The summed E-state index contributed by atoms with van der Waals surface area (Å²) in [5, 5.41) is 28.9. The summed E-state index contributed by atoms with van der Waals surface area (Å²) in [6.45, 7) is 0. The van der Waals surface area contributed by atoms with E-state index in [-0.39, 0.29) is 11.5 Å². The molecule has 0 bridgehead atoms. The molecule has 0 fully saturated rings. The smallest absolute Gasteiger partial charge is 0.151 e. The summed E-state index contributed by atoms with van der Waals surface area (Å²) in [7, 11) is 0. The van der Waals surface area contributed by atoms with Crippen LogP contribution in [-0.2, 0) is 6.42 Å². The summed E-state index contributed by atoms with van der Waals surface area (Å²) in [5.74, 6) is 0.0349. The van der Waals surface area contributed by atoms with Crippen molar-refractivity contribution in [1.29, 1.82) is 0 Å². The highest BCUT2D eigenvalue weighted by molar-refractivity contribution is 7.14. The lowest BCUT2D eigenvalue weighted by molar-refractivity contribution is 0.452. The molecule has 0 aliphatic rings. The summed E-state index contributed by atoms with van der Waals surface area (Å²) >= 11 is 1.44. The molecule has 0 spiro atoms. The predicted octanol–water partition coefficient (Wildman–Crippen LogP) is 3.21. The molecule has 3 rings (SSSR count). The van der Waals surface area contributed by atoms with Gasteiger partial charge in [0.2, 0.25) is 0 Å². The van der Waals surface area contributed by atoms with Gasteiger partial charge in [-0.3, -0.25) is 0 Å². The number of benzene rings is 2. The van der Waals surface area contributed by atoms with Gasteiger partial charge in [0.05, 0.1) is 5.56 Å². The van der Waals surface area contributed by atoms with Crippen LogP contribution in [-0.4, -0.2) is 20.4 Å². The van der Waals surface area contributed by atoms with Crippen LogP contribution in [0.25, 0.3) is 10.6 Å². The molecule has 0 unspecified atom stereocenters. The average Bonchev–Trinajstić information content (AvgIpc) is 2.88. The molecule has 100 valence electrons. The third-order valence-electron chi connectivity index (χ3n) is 2.88. The minimum atomic E-state index is 0.00686. The van der Waals surface area contributed by atoms with Crippen molar-refractivity contribution in [3.8, 4) is 22.1 Å². The Morgan fingerprint density at radius 2 is 1.75 bits per heavy atom. The molecular weight excluding hydrogens is 272 g/mol. The first-order chi connectivity index (χ1) is 9.72. The van der Waals surface area contributed by atoms with Crippen LogP contribution in [0.1, 0.15) is 10.6 Å². The Morgan fingerprint density at radius 1 is 0.950 bits per heavy atom. The van der Waals surface area contributed by atoms with Crippen LogP contribution in [0.2, 0.25) is 0 Å². The first kappa shape index (κ1) is 12.6. The molecule has 4 nitrogen and oxygen atoms in total. The van der Waals surface area contributed by atoms with Gasteiger partial charge >= 0.3 is 0 Å².